The van der Waals surface area contributed by atoms with Crippen LogP contribution in [0.4, 0.5) is 0 Å². The minimum atomic E-state index is -0.660. The number of aryl methyl sites for hydroxylation is 1. The quantitative estimate of drug-likeness (QED) is 0.417. The Bertz CT molecular complexity index is 998. The summed E-state index contributed by atoms with van der Waals surface area (Å²) >= 11 is 1.62. The lowest BCUT2D eigenvalue weighted by Gasteiger charge is -2.48. The third kappa shape index (κ3) is 6.03. The third-order valence-corrected chi connectivity index (χ3v) is 7.82. The number of hydroxylamine groups is 3. The maximum absolute atomic E-state index is 13.8. The molecule has 0 saturated carbocycles. The van der Waals surface area contributed by atoms with Crippen LogP contribution in [0.1, 0.15) is 71.2 Å². The van der Waals surface area contributed by atoms with E-state index in [0.717, 1.165) is 28.1 Å². The van der Waals surface area contributed by atoms with Gasteiger partial charge in [-0.3, -0.25) is 9.59 Å². The van der Waals surface area contributed by atoms with E-state index in [0.29, 0.717) is 19.4 Å². The van der Waals surface area contributed by atoms with Crippen LogP contribution in [0.15, 0.2) is 29.8 Å². The number of carbonyl (C=O) groups excluding carboxylic acids is 2. The molecule has 8 heteroatoms. The van der Waals surface area contributed by atoms with Gasteiger partial charge in [-0.15, -0.1) is 11.3 Å². The molecular weight excluding hydrogens is 448 g/mol. The first-order valence-electron chi connectivity index (χ1n) is 12.1. The van der Waals surface area contributed by atoms with Gasteiger partial charge < -0.3 is 20.5 Å². The summed E-state index contributed by atoms with van der Waals surface area (Å²) < 4.78 is -0.589. The Labute approximate surface area is 207 Å². The molecule has 1 fully saturated rings. The summed E-state index contributed by atoms with van der Waals surface area (Å²) in [6, 6.07) is 7.09. The number of thiazole rings is 1. The van der Waals surface area contributed by atoms with Crippen molar-refractivity contribution < 1.29 is 14.2 Å². The van der Waals surface area contributed by atoms with Gasteiger partial charge in [0.15, 0.2) is 6.04 Å². The Hall–Kier alpha value is -2.29. The van der Waals surface area contributed by atoms with Crippen LogP contribution >= 0.6 is 11.3 Å². The van der Waals surface area contributed by atoms with Crippen LogP contribution in [0.5, 0.6) is 0 Å². The molecule has 1 aliphatic rings. The van der Waals surface area contributed by atoms with Crippen molar-refractivity contribution in [2.75, 3.05) is 13.1 Å². The zero-order valence-electron chi connectivity index (χ0n) is 21.2. The molecule has 3 rings (SSSR count). The van der Waals surface area contributed by atoms with E-state index in [1.807, 2.05) is 52.3 Å². The van der Waals surface area contributed by atoms with Crippen LogP contribution in [0.2, 0.25) is 0 Å². The topological polar surface area (TPSA) is 94.1 Å². The van der Waals surface area contributed by atoms with E-state index in [-0.39, 0.29) is 35.9 Å². The van der Waals surface area contributed by atoms with Gasteiger partial charge >= 0.3 is 0 Å². The van der Waals surface area contributed by atoms with Gasteiger partial charge in [-0.2, -0.15) is 0 Å². The van der Waals surface area contributed by atoms with Crippen molar-refractivity contribution in [2.24, 2.45) is 5.41 Å². The van der Waals surface area contributed by atoms with Gasteiger partial charge in [0.05, 0.1) is 34.7 Å². The van der Waals surface area contributed by atoms with E-state index in [4.69, 9.17) is 0 Å². The van der Waals surface area contributed by atoms with Gasteiger partial charge in [0.25, 0.3) is 5.91 Å². The van der Waals surface area contributed by atoms with Gasteiger partial charge in [0.1, 0.15) is 6.54 Å². The Morgan fingerprint density at radius 3 is 2.44 bits per heavy atom. The molecule has 7 nitrogen and oxygen atoms in total. The number of nitrogens with zero attached hydrogens (tertiary/aromatic N) is 2. The van der Waals surface area contributed by atoms with Crippen LogP contribution in [0, 0.1) is 17.5 Å². The van der Waals surface area contributed by atoms with Crippen molar-refractivity contribution in [3.63, 3.8) is 0 Å². The minimum Gasteiger partial charge on any atom is -0.632 e. The van der Waals surface area contributed by atoms with Crippen LogP contribution in [-0.4, -0.2) is 46.6 Å². The maximum atomic E-state index is 13.8. The van der Waals surface area contributed by atoms with Crippen LogP contribution in [-0.2, 0) is 9.59 Å². The van der Waals surface area contributed by atoms with Crippen LogP contribution in [0.3, 0.4) is 0 Å². The van der Waals surface area contributed by atoms with Crippen LogP contribution in [0.25, 0.3) is 10.4 Å². The predicted molar refractivity (Wildman–Crippen MR) is 137 cm³/mol. The Morgan fingerprint density at radius 1 is 1.24 bits per heavy atom. The number of quaternary nitrogens is 1. The molecule has 0 radical (unpaired) electrons. The standard InChI is InChI=1S/C26H38N4O3S/c1-7-21(19-10-12-20(13-11-19)24-17(2)27-16-34-24)29-25(32)22-9-8-14-30(22,33)15-23(26(4,5)6)28-18(3)31/h10-13,16,21-23H,7-9,14-15H2,1-6H3,(H,28,31)(H,29,32)/t21-,22-,23?,30?/m0/s1. The Kier molecular flexibility index (Phi) is 8.16. The summed E-state index contributed by atoms with van der Waals surface area (Å²) in [6.07, 6.45) is 2.00. The van der Waals surface area contributed by atoms with Crippen molar-refractivity contribution in [3.05, 3.63) is 46.2 Å². The van der Waals surface area contributed by atoms with E-state index in [1.165, 1.54) is 6.92 Å². The molecule has 2 heterocycles. The average molecular weight is 487 g/mol. The molecule has 34 heavy (non-hydrogen) atoms. The molecule has 1 aromatic carbocycles. The summed E-state index contributed by atoms with van der Waals surface area (Å²) in [6.45, 7) is 12.1. The lowest BCUT2D eigenvalue weighted by molar-refractivity contribution is -0.885. The van der Waals surface area contributed by atoms with Gasteiger partial charge in [0, 0.05) is 19.8 Å². The summed E-state index contributed by atoms with van der Waals surface area (Å²) in [5, 5.41) is 19.9. The molecule has 0 aliphatic carbocycles. The molecule has 0 bridgehead atoms. The lowest BCUT2D eigenvalue weighted by Crippen LogP contribution is -2.61. The highest BCUT2D eigenvalue weighted by Gasteiger charge is 2.44. The molecule has 1 aliphatic heterocycles. The summed E-state index contributed by atoms with van der Waals surface area (Å²) in [7, 11) is 0. The zero-order valence-corrected chi connectivity index (χ0v) is 22.0. The van der Waals surface area contributed by atoms with Gasteiger partial charge in [-0.05, 0) is 29.9 Å². The number of nitrogens with one attached hydrogen (secondary N) is 2. The van der Waals surface area contributed by atoms with Crippen molar-refractivity contribution in [2.45, 2.75) is 78.9 Å². The summed E-state index contributed by atoms with van der Waals surface area (Å²) in [4.78, 5) is 30.6. The lowest BCUT2D eigenvalue weighted by atomic mass is 9.86. The Morgan fingerprint density at radius 2 is 1.91 bits per heavy atom. The first-order valence-corrected chi connectivity index (χ1v) is 13.0. The fourth-order valence-corrected chi connectivity index (χ4v) is 5.54. The molecule has 186 valence electrons. The van der Waals surface area contributed by atoms with Crippen molar-refractivity contribution in [1.29, 1.82) is 0 Å². The largest absolute Gasteiger partial charge is 0.632 e. The number of aromatic nitrogens is 1. The highest BCUT2D eigenvalue weighted by Crippen LogP contribution is 2.32. The SMILES string of the molecule is CC[C@H](NC(=O)[C@@H]1CCC[N+]1([O-])CC(NC(C)=O)C(C)(C)C)c1ccc(-c2scnc2C)cc1. The van der Waals surface area contributed by atoms with Crippen molar-refractivity contribution >= 4 is 23.2 Å². The fraction of sp³-hybridized carbons (Fsp3) is 0.577. The molecule has 2 N–H and O–H groups in total. The molecule has 1 saturated heterocycles. The molecule has 2 amide bonds. The molecule has 2 unspecified atom stereocenters. The van der Waals surface area contributed by atoms with E-state index in [1.54, 1.807) is 11.3 Å². The summed E-state index contributed by atoms with van der Waals surface area (Å²) in [5.41, 5.74) is 4.71. The van der Waals surface area contributed by atoms with E-state index in [9.17, 15) is 14.8 Å². The predicted octanol–water partition coefficient (Wildman–Crippen LogP) is 4.71. The normalized spacial score (nSPS) is 22.3. The monoisotopic (exact) mass is 486 g/mol. The number of amides is 2. The fourth-order valence-electron chi connectivity index (χ4n) is 4.73. The second kappa shape index (κ2) is 10.5. The van der Waals surface area contributed by atoms with E-state index < -0.39 is 10.7 Å². The average Bonchev–Trinajstić information content (AvgIpc) is 3.36. The minimum absolute atomic E-state index is 0.158. The van der Waals surface area contributed by atoms with Gasteiger partial charge in [-0.1, -0.05) is 52.0 Å². The number of benzene rings is 1. The third-order valence-electron chi connectivity index (χ3n) is 6.84. The number of rotatable bonds is 8. The number of likely N-dealkylation sites (tertiary alicyclic amines) is 1. The highest BCUT2D eigenvalue weighted by atomic mass is 32.1. The first-order chi connectivity index (χ1) is 15.9. The van der Waals surface area contributed by atoms with Crippen molar-refractivity contribution in [3.8, 4) is 10.4 Å². The van der Waals surface area contributed by atoms with Crippen molar-refractivity contribution in [1.82, 2.24) is 15.6 Å². The first kappa shape index (κ1) is 26.3. The van der Waals surface area contributed by atoms with Crippen LogP contribution < -0.4 is 10.6 Å². The molecule has 1 aromatic heterocycles. The second-order valence-corrected chi connectivity index (χ2v) is 11.3. The highest BCUT2D eigenvalue weighted by molar-refractivity contribution is 7.13. The smallest absolute Gasteiger partial charge is 0.279 e. The maximum Gasteiger partial charge on any atom is 0.279 e. The summed E-state index contributed by atoms with van der Waals surface area (Å²) in [5.74, 6) is -0.355. The second-order valence-electron chi connectivity index (χ2n) is 10.5. The van der Waals surface area contributed by atoms with Gasteiger partial charge in [-0.25, -0.2) is 4.98 Å². The van der Waals surface area contributed by atoms with E-state index in [2.05, 4.69) is 27.8 Å². The number of hydrogen-bond acceptors (Lipinski definition) is 5. The van der Waals surface area contributed by atoms with Gasteiger partial charge in [0.2, 0.25) is 5.91 Å². The Balaban J connectivity index is 1.73. The molecule has 4 atom stereocenters. The zero-order chi connectivity index (χ0) is 25.1. The molecule has 0 spiro atoms. The molecule has 2 aromatic rings. The number of carbonyl (C=O) groups is 2. The molecular formula is C26H38N4O3S. The van der Waals surface area contributed by atoms with E-state index >= 15 is 0 Å². The number of hydrogen-bond donors (Lipinski definition) is 2.